The standard InChI is InChI=1S/C5H7NO3.ClH/c1-2-3-6(4-7)5(8)9;/h2,4H,1,3H2,(H,8,9);1H. The van der Waals surface area contributed by atoms with Gasteiger partial charge in [0, 0.05) is 6.54 Å². The van der Waals surface area contributed by atoms with Gasteiger partial charge in [0.15, 0.2) is 0 Å². The Labute approximate surface area is 64.5 Å². The van der Waals surface area contributed by atoms with Crippen molar-refractivity contribution in [2.24, 2.45) is 0 Å². The van der Waals surface area contributed by atoms with Crippen LogP contribution in [-0.2, 0) is 4.79 Å². The first kappa shape index (κ1) is 11.7. The molecule has 4 nitrogen and oxygen atoms in total. The van der Waals surface area contributed by atoms with Crippen LogP contribution in [0.2, 0.25) is 0 Å². The molecule has 0 rings (SSSR count). The summed E-state index contributed by atoms with van der Waals surface area (Å²) in [6.07, 6.45) is 0.317. The fraction of sp³-hybridized carbons (Fsp3) is 0.200. The third-order valence-corrected chi connectivity index (χ3v) is 0.699. The van der Waals surface area contributed by atoms with Gasteiger partial charge in [0.1, 0.15) is 0 Å². The maximum atomic E-state index is 9.97. The van der Waals surface area contributed by atoms with Crippen LogP contribution in [-0.4, -0.2) is 29.1 Å². The number of nitrogens with zero attached hydrogens (tertiary/aromatic N) is 1. The third kappa shape index (κ3) is 3.91. The lowest BCUT2D eigenvalue weighted by Crippen LogP contribution is -2.27. The van der Waals surface area contributed by atoms with Gasteiger partial charge in [-0.25, -0.2) is 9.69 Å². The number of imide groups is 1. The van der Waals surface area contributed by atoms with E-state index in [9.17, 15) is 9.59 Å². The molecule has 0 heterocycles. The molecule has 0 aromatic carbocycles. The van der Waals surface area contributed by atoms with Gasteiger partial charge in [-0.1, -0.05) is 6.08 Å². The van der Waals surface area contributed by atoms with Crippen molar-refractivity contribution in [3.05, 3.63) is 12.7 Å². The zero-order valence-corrected chi connectivity index (χ0v) is 6.00. The summed E-state index contributed by atoms with van der Waals surface area (Å²) in [4.78, 5) is 20.4. The van der Waals surface area contributed by atoms with Crippen LogP contribution in [0.3, 0.4) is 0 Å². The summed E-state index contributed by atoms with van der Waals surface area (Å²) in [5.74, 6) is 0. The molecule has 0 unspecified atom stereocenters. The molecule has 0 fully saturated rings. The Bertz CT molecular complexity index is 137. The molecule has 0 radical (unpaired) electrons. The van der Waals surface area contributed by atoms with Crippen molar-refractivity contribution in [3.63, 3.8) is 0 Å². The first-order chi connectivity index (χ1) is 4.22. The average Bonchev–Trinajstić information content (AvgIpc) is 1.82. The molecule has 0 aliphatic rings. The molecule has 0 aliphatic carbocycles. The number of halogens is 1. The molecule has 0 saturated heterocycles. The normalized spacial score (nSPS) is 7.20. The minimum atomic E-state index is -1.26. The SMILES string of the molecule is C=CCN(C=O)C(=O)O.Cl. The highest BCUT2D eigenvalue weighted by atomic mass is 35.5. The van der Waals surface area contributed by atoms with Crippen molar-refractivity contribution in [1.82, 2.24) is 4.90 Å². The van der Waals surface area contributed by atoms with Crippen molar-refractivity contribution < 1.29 is 14.7 Å². The molecule has 58 valence electrons. The fourth-order valence-corrected chi connectivity index (χ4v) is 0.305. The predicted molar refractivity (Wildman–Crippen MR) is 38.2 cm³/mol. The third-order valence-electron chi connectivity index (χ3n) is 0.699. The lowest BCUT2D eigenvalue weighted by Gasteiger charge is -2.05. The Morgan fingerprint density at radius 2 is 2.20 bits per heavy atom. The topological polar surface area (TPSA) is 57.6 Å². The molecule has 0 saturated carbocycles. The van der Waals surface area contributed by atoms with Gasteiger partial charge in [-0.2, -0.15) is 0 Å². The maximum absolute atomic E-state index is 9.97. The number of amides is 2. The quantitative estimate of drug-likeness (QED) is 0.496. The number of hydrogen-bond donors (Lipinski definition) is 1. The first-order valence-electron chi connectivity index (χ1n) is 2.28. The van der Waals surface area contributed by atoms with Gasteiger partial charge in [-0.15, -0.1) is 19.0 Å². The summed E-state index contributed by atoms with van der Waals surface area (Å²) in [5, 5.41) is 8.15. The molecule has 0 aromatic rings. The van der Waals surface area contributed by atoms with Crippen LogP contribution in [0.1, 0.15) is 0 Å². The Kier molecular flexibility index (Phi) is 7.15. The van der Waals surface area contributed by atoms with Crippen molar-refractivity contribution in [2.45, 2.75) is 0 Å². The number of carbonyl (C=O) groups is 2. The summed E-state index contributed by atoms with van der Waals surface area (Å²) in [6, 6.07) is 0. The molecular weight excluding hydrogens is 158 g/mol. The Morgan fingerprint density at radius 3 is 2.30 bits per heavy atom. The van der Waals surface area contributed by atoms with E-state index >= 15 is 0 Å². The second-order valence-electron chi connectivity index (χ2n) is 1.33. The van der Waals surface area contributed by atoms with Crippen molar-refractivity contribution in [2.75, 3.05) is 6.54 Å². The van der Waals surface area contributed by atoms with Crippen LogP contribution in [0.5, 0.6) is 0 Å². The summed E-state index contributed by atoms with van der Waals surface area (Å²) in [5.41, 5.74) is 0. The molecular formula is C5H8ClNO3. The van der Waals surface area contributed by atoms with Gasteiger partial charge in [-0.05, 0) is 0 Å². The second kappa shape index (κ2) is 6.10. The van der Waals surface area contributed by atoms with Gasteiger partial charge in [-0.3, -0.25) is 4.79 Å². The zero-order chi connectivity index (χ0) is 7.28. The van der Waals surface area contributed by atoms with E-state index in [1.807, 2.05) is 0 Å². The molecule has 5 heteroatoms. The van der Waals surface area contributed by atoms with Crippen LogP contribution in [0.15, 0.2) is 12.7 Å². The minimum Gasteiger partial charge on any atom is -0.465 e. The number of rotatable bonds is 3. The molecule has 1 N–H and O–H groups in total. The summed E-state index contributed by atoms with van der Waals surface area (Å²) < 4.78 is 0. The van der Waals surface area contributed by atoms with Crippen LogP contribution in [0.4, 0.5) is 4.79 Å². The minimum absolute atomic E-state index is 0. The molecule has 0 spiro atoms. The lowest BCUT2D eigenvalue weighted by atomic mass is 10.6. The van der Waals surface area contributed by atoms with Crippen LogP contribution in [0.25, 0.3) is 0 Å². The number of hydrogen-bond acceptors (Lipinski definition) is 2. The summed E-state index contributed by atoms with van der Waals surface area (Å²) in [7, 11) is 0. The average molecular weight is 166 g/mol. The second-order valence-corrected chi connectivity index (χ2v) is 1.33. The monoisotopic (exact) mass is 165 g/mol. The van der Waals surface area contributed by atoms with Gasteiger partial charge in [0.2, 0.25) is 6.41 Å². The van der Waals surface area contributed by atoms with Crippen molar-refractivity contribution in [1.29, 1.82) is 0 Å². The molecule has 0 atom stereocenters. The predicted octanol–water partition coefficient (Wildman–Crippen LogP) is 0.731. The van der Waals surface area contributed by atoms with Gasteiger partial charge < -0.3 is 5.11 Å². The van der Waals surface area contributed by atoms with Crippen LogP contribution in [0, 0.1) is 0 Å². The Hall–Kier alpha value is -1.03. The summed E-state index contributed by atoms with van der Waals surface area (Å²) in [6.45, 7) is 3.31. The number of carbonyl (C=O) groups excluding carboxylic acids is 1. The molecule has 0 aromatic heterocycles. The van der Waals surface area contributed by atoms with E-state index < -0.39 is 6.09 Å². The molecule has 10 heavy (non-hydrogen) atoms. The Balaban J connectivity index is 0. The summed E-state index contributed by atoms with van der Waals surface area (Å²) >= 11 is 0. The van der Waals surface area contributed by atoms with E-state index in [2.05, 4.69) is 6.58 Å². The van der Waals surface area contributed by atoms with Gasteiger partial charge in [0.25, 0.3) is 0 Å². The van der Waals surface area contributed by atoms with Crippen molar-refractivity contribution in [3.8, 4) is 0 Å². The van der Waals surface area contributed by atoms with Gasteiger partial charge >= 0.3 is 6.09 Å². The van der Waals surface area contributed by atoms with Gasteiger partial charge in [0.05, 0.1) is 0 Å². The van der Waals surface area contributed by atoms with Crippen LogP contribution >= 0.6 is 12.4 Å². The first-order valence-corrected chi connectivity index (χ1v) is 2.28. The largest absolute Gasteiger partial charge is 0.465 e. The van der Waals surface area contributed by atoms with E-state index in [0.717, 1.165) is 0 Å². The fourth-order valence-electron chi connectivity index (χ4n) is 0.305. The van der Waals surface area contributed by atoms with Crippen molar-refractivity contribution >= 4 is 24.9 Å². The van der Waals surface area contributed by atoms with Crippen LogP contribution < -0.4 is 0 Å². The van der Waals surface area contributed by atoms with E-state index in [1.54, 1.807) is 0 Å². The van der Waals surface area contributed by atoms with E-state index in [4.69, 9.17) is 5.11 Å². The highest BCUT2D eigenvalue weighted by molar-refractivity contribution is 5.85. The highest BCUT2D eigenvalue weighted by Gasteiger charge is 2.05. The molecule has 2 amide bonds. The number of carboxylic acid groups (broad SMARTS) is 1. The smallest absolute Gasteiger partial charge is 0.414 e. The van der Waals surface area contributed by atoms with E-state index in [1.165, 1.54) is 6.08 Å². The zero-order valence-electron chi connectivity index (χ0n) is 5.19. The molecule has 0 aliphatic heterocycles. The maximum Gasteiger partial charge on any atom is 0.414 e. The highest BCUT2D eigenvalue weighted by Crippen LogP contribution is 1.82. The van der Waals surface area contributed by atoms with E-state index in [0.29, 0.717) is 4.90 Å². The Morgan fingerprint density at radius 1 is 1.70 bits per heavy atom. The molecule has 0 bridgehead atoms. The van der Waals surface area contributed by atoms with E-state index in [-0.39, 0.29) is 25.4 Å². The lowest BCUT2D eigenvalue weighted by molar-refractivity contribution is -0.115.